The summed E-state index contributed by atoms with van der Waals surface area (Å²) in [7, 11) is 0. The lowest BCUT2D eigenvalue weighted by Gasteiger charge is -2.22. The lowest BCUT2D eigenvalue weighted by Crippen LogP contribution is -2.33. The molecule has 0 saturated carbocycles. The molecular formula is C11H22N2OS2. The molecule has 0 saturated heterocycles. The van der Waals surface area contributed by atoms with E-state index in [1.54, 1.807) is 0 Å². The summed E-state index contributed by atoms with van der Waals surface area (Å²) in [6.45, 7) is 11.5. The molecule has 0 aromatic rings. The molecule has 0 aromatic carbocycles. The highest BCUT2D eigenvalue weighted by Crippen LogP contribution is 2.10. The van der Waals surface area contributed by atoms with E-state index in [2.05, 4.69) is 18.7 Å². The van der Waals surface area contributed by atoms with Crippen LogP contribution in [-0.2, 0) is 4.79 Å². The molecule has 0 atom stereocenters. The second-order valence-electron chi connectivity index (χ2n) is 3.29. The average Bonchev–Trinajstić information content (AvgIpc) is 2.29. The first kappa shape index (κ1) is 15.7. The molecule has 1 amide bonds. The van der Waals surface area contributed by atoms with Gasteiger partial charge in [0.05, 0.1) is 5.75 Å². The molecule has 0 fully saturated rings. The Hall–Kier alpha value is -0.290. The van der Waals surface area contributed by atoms with Gasteiger partial charge in [0.15, 0.2) is 0 Å². The number of hydrogen-bond donors (Lipinski definition) is 0. The Labute approximate surface area is 109 Å². The molecule has 0 spiro atoms. The third kappa shape index (κ3) is 5.16. The van der Waals surface area contributed by atoms with E-state index in [4.69, 9.17) is 12.2 Å². The Bertz CT molecular complexity index is 202. The van der Waals surface area contributed by atoms with Gasteiger partial charge in [0.1, 0.15) is 4.32 Å². The van der Waals surface area contributed by atoms with Crippen molar-refractivity contribution in [3.63, 3.8) is 0 Å². The quantitative estimate of drug-likeness (QED) is 0.685. The van der Waals surface area contributed by atoms with Crippen LogP contribution in [0.15, 0.2) is 0 Å². The van der Waals surface area contributed by atoms with Crippen LogP contribution in [-0.4, -0.2) is 52.0 Å². The van der Waals surface area contributed by atoms with Gasteiger partial charge in [-0.15, -0.1) is 0 Å². The second-order valence-corrected chi connectivity index (χ2v) is 4.90. The van der Waals surface area contributed by atoms with Crippen molar-refractivity contribution in [2.75, 3.05) is 31.9 Å². The number of carbonyl (C=O) groups is 1. The Kier molecular flexibility index (Phi) is 8.66. The number of thioether (sulfide) groups is 1. The summed E-state index contributed by atoms with van der Waals surface area (Å²) in [5.74, 6) is 0.626. The van der Waals surface area contributed by atoms with E-state index < -0.39 is 0 Å². The monoisotopic (exact) mass is 262 g/mol. The molecule has 94 valence electrons. The van der Waals surface area contributed by atoms with E-state index in [1.807, 2.05) is 18.7 Å². The van der Waals surface area contributed by atoms with Gasteiger partial charge in [-0.05, 0) is 27.7 Å². The van der Waals surface area contributed by atoms with Gasteiger partial charge >= 0.3 is 0 Å². The summed E-state index contributed by atoms with van der Waals surface area (Å²) < 4.78 is 0.825. The minimum Gasteiger partial charge on any atom is -0.358 e. The summed E-state index contributed by atoms with van der Waals surface area (Å²) >= 11 is 6.74. The zero-order valence-corrected chi connectivity index (χ0v) is 12.3. The van der Waals surface area contributed by atoms with E-state index in [9.17, 15) is 4.79 Å². The number of carbonyl (C=O) groups excluding carboxylic acids is 1. The standard InChI is InChI=1S/C11H22N2OS2/c1-5-12(6-2)10(14)9-16-11(15)13(7-3)8-4/h5-9H2,1-4H3. The molecule has 0 bridgehead atoms. The van der Waals surface area contributed by atoms with Gasteiger partial charge in [0.2, 0.25) is 5.91 Å². The number of thiocarbonyl (C=S) groups is 1. The fraction of sp³-hybridized carbons (Fsp3) is 0.818. The topological polar surface area (TPSA) is 23.6 Å². The van der Waals surface area contributed by atoms with Gasteiger partial charge in [0, 0.05) is 26.2 Å². The smallest absolute Gasteiger partial charge is 0.232 e. The third-order valence-corrected chi connectivity index (χ3v) is 3.97. The van der Waals surface area contributed by atoms with Crippen LogP contribution in [0.4, 0.5) is 0 Å². The predicted octanol–water partition coefficient (Wildman–Crippen LogP) is 2.21. The summed E-state index contributed by atoms with van der Waals surface area (Å²) in [6, 6.07) is 0. The molecular weight excluding hydrogens is 240 g/mol. The van der Waals surface area contributed by atoms with E-state index in [1.165, 1.54) is 11.8 Å². The van der Waals surface area contributed by atoms with Gasteiger partial charge in [-0.25, -0.2) is 0 Å². The molecule has 0 aliphatic heterocycles. The maximum absolute atomic E-state index is 11.7. The van der Waals surface area contributed by atoms with Gasteiger partial charge in [0.25, 0.3) is 0 Å². The molecule has 0 aliphatic rings. The lowest BCUT2D eigenvalue weighted by atomic mass is 10.5. The fourth-order valence-electron chi connectivity index (χ4n) is 1.36. The molecule has 0 N–H and O–H groups in total. The first-order valence-corrected chi connectivity index (χ1v) is 7.19. The lowest BCUT2D eigenvalue weighted by molar-refractivity contribution is -0.127. The van der Waals surface area contributed by atoms with Crippen LogP contribution in [0.1, 0.15) is 27.7 Å². The van der Waals surface area contributed by atoms with E-state index in [-0.39, 0.29) is 5.91 Å². The van der Waals surface area contributed by atoms with Crippen molar-refractivity contribution >= 4 is 34.2 Å². The zero-order valence-electron chi connectivity index (χ0n) is 10.7. The van der Waals surface area contributed by atoms with Crippen LogP contribution in [0.5, 0.6) is 0 Å². The number of hydrogen-bond acceptors (Lipinski definition) is 3. The largest absolute Gasteiger partial charge is 0.358 e. The van der Waals surface area contributed by atoms with Gasteiger partial charge in [-0.1, -0.05) is 24.0 Å². The molecule has 0 aromatic heterocycles. The highest BCUT2D eigenvalue weighted by Gasteiger charge is 2.12. The minimum absolute atomic E-state index is 0.171. The number of rotatable bonds is 6. The van der Waals surface area contributed by atoms with Gasteiger partial charge in [-0.3, -0.25) is 4.79 Å². The first-order chi connectivity index (χ1) is 7.60. The van der Waals surface area contributed by atoms with E-state index in [0.29, 0.717) is 5.75 Å². The highest BCUT2D eigenvalue weighted by molar-refractivity contribution is 8.23. The van der Waals surface area contributed by atoms with Crippen LogP contribution >= 0.6 is 24.0 Å². The third-order valence-electron chi connectivity index (χ3n) is 2.46. The average molecular weight is 262 g/mol. The minimum atomic E-state index is 0.171. The Morgan fingerprint density at radius 1 is 1.00 bits per heavy atom. The highest BCUT2D eigenvalue weighted by atomic mass is 32.2. The summed E-state index contributed by atoms with van der Waals surface area (Å²) in [5.41, 5.74) is 0. The first-order valence-electron chi connectivity index (χ1n) is 5.80. The van der Waals surface area contributed by atoms with E-state index >= 15 is 0 Å². The van der Waals surface area contributed by atoms with Crippen molar-refractivity contribution < 1.29 is 4.79 Å². The number of nitrogens with zero attached hydrogens (tertiary/aromatic N) is 2. The second kappa shape index (κ2) is 8.82. The molecule has 0 radical (unpaired) electrons. The van der Waals surface area contributed by atoms with Crippen molar-refractivity contribution in [1.29, 1.82) is 0 Å². The van der Waals surface area contributed by atoms with Crippen molar-refractivity contribution in [3.8, 4) is 0 Å². The van der Waals surface area contributed by atoms with Crippen molar-refractivity contribution in [3.05, 3.63) is 0 Å². The summed E-state index contributed by atoms with van der Waals surface area (Å²) in [6.07, 6.45) is 0. The van der Waals surface area contributed by atoms with Gasteiger partial charge < -0.3 is 9.80 Å². The molecule has 5 heteroatoms. The molecule has 3 nitrogen and oxygen atoms in total. The Morgan fingerprint density at radius 2 is 1.44 bits per heavy atom. The summed E-state index contributed by atoms with van der Waals surface area (Å²) in [4.78, 5) is 15.7. The van der Waals surface area contributed by atoms with Crippen molar-refractivity contribution in [2.45, 2.75) is 27.7 Å². The SMILES string of the molecule is CCN(CC)C(=O)CSC(=S)N(CC)CC. The van der Waals surface area contributed by atoms with Crippen LogP contribution in [0.2, 0.25) is 0 Å². The Morgan fingerprint density at radius 3 is 1.81 bits per heavy atom. The fourth-order valence-corrected chi connectivity index (χ4v) is 2.67. The van der Waals surface area contributed by atoms with Crippen LogP contribution < -0.4 is 0 Å². The van der Waals surface area contributed by atoms with E-state index in [0.717, 1.165) is 30.5 Å². The summed E-state index contributed by atoms with van der Waals surface area (Å²) in [5, 5.41) is 0. The Balaban J connectivity index is 4.04. The molecule has 0 unspecified atom stereocenters. The maximum atomic E-state index is 11.7. The van der Waals surface area contributed by atoms with Crippen molar-refractivity contribution in [1.82, 2.24) is 9.80 Å². The molecule has 0 rings (SSSR count). The van der Waals surface area contributed by atoms with Crippen LogP contribution in [0, 0.1) is 0 Å². The molecule has 0 heterocycles. The van der Waals surface area contributed by atoms with Crippen LogP contribution in [0.3, 0.4) is 0 Å². The predicted molar refractivity (Wildman–Crippen MR) is 75.9 cm³/mol. The molecule has 0 aliphatic carbocycles. The van der Waals surface area contributed by atoms with Crippen molar-refractivity contribution in [2.24, 2.45) is 0 Å². The zero-order chi connectivity index (χ0) is 12.6. The number of amides is 1. The normalized spacial score (nSPS) is 10.0. The van der Waals surface area contributed by atoms with Gasteiger partial charge in [-0.2, -0.15) is 0 Å². The molecule has 16 heavy (non-hydrogen) atoms. The van der Waals surface area contributed by atoms with Crippen LogP contribution in [0.25, 0.3) is 0 Å². The maximum Gasteiger partial charge on any atom is 0.232 e.